The molecule has 0 bridgehead atoms. The third-order valence-corrected chi connectivity index (χ3v) is 3.65. The number of benzene rings is 1. The Labute approximate surface area is 132 Å². The molecule has 0 N–H and O–H groups in total. The van der Waals surface area contributed by atoms with Crippen molar-refractivity contribution in [2.24, 2.45) is 0 Å². The monoisotopic (exact) mass is 319 g/mol. The summed E-state index contributed by atoms with van der Waals surface area (Å²) in [6.45, 7) is 2.66. The van der Waals surface area contributed by atoms with E-state index in [1.807, 2.05) is 0 Å². The second-order valence-corrected chi connectivity index (χ2v) is 5.62. The van der Waals surface area contributed by atoms with Gasteiger partial charge >= 0.3 is 5.63 Å². The second-order valence-electron chi connectivity index (χ2n) is 5.18. The van der Waals surface area contributed by atoms with Crippen molar-refractivity contribution < 1.29 is 13.9 Å². The summed E-state index contributed by atoms with van der Waals surface area (Å²) in [5.74, 6) is 0.911. The molecule has 1 saturated heterocycles. The molecule has 1 aliphatic heterocycles. The minimum atomic E-state index is -0.441. The molecule has 2 aromatic rings. The van der Waals surface area contributed by atoms with Gasteiger partial charge in [-0.3, -0.25) is 4.79 Å². The molecule has 2 heterocycles. The van der Waals surface area contributed by atoms with E-state index in [0.29, 0.717) is 35.2 Å². The topological polar surface area (TPSA) is 59.8 Å². The molecular weight excluding hydrogens is 306 g/mol. The summed E-state index contributed by atoms with van der Waals surface area (Å²) in [5, 5.41) is 0.597. The van der Waals surface area contributed by atoms with E-state index in [4.69, 9.17) is 20.8 Å². The lowest BCUT2D eigenvalue weighted by molar-refractivity contribution is 0.0175. The highest BCUT2D eigenvalue weighted by molar-refractivity contribution is 6.30. The molecule has 1 fully saturated rings. The predicted molar refractivity (Wildman–Crippen MR) is 81.5 cm³/mol. The first-order valence-electron chi connectivity index (χ1n) is 6.84. The molecule has 0 spiro atoms. The van der Waals surface area contributed by atoms with E-state index in [0.717, 1.165) is 0 Å². The minimum absolute atomic E-state index is 0.0553. The number of rotatable bonds is 3. The first-order valence-corrected chi connectivity index (χ1v) is 7.22. The molecule has 1 aliphatic rings. The molecule has 0 saturated carbocycles. The van der Waals surface area contributed by atoms with Gasteiger partial charge in [-0.2, -0.15) is 0 Å². The predicted octanol–water partition coefficient (Wildman–Crippen LogP) is 2.51. The maximum absolute atomic E-state index is 12.2. The van der Waals surface area contributed by atoms with E-state index in [-0.39, 0.29) is 12.0 Å². The van der Waals surface area contributed by atoms with Crippen molar-refractivity contribution in [1.82, 2.24) is 4.90 Å². The van der Waals surface area contributed by atoms with Crippen LogP contribution in [0.2, 0.25) is 5.02 Å². The third-order valence-electron chi connectivity index (χ3n) is 3.40. The van der Waals surface area contributed by atoms with E-state index < -0.39 is 5.63 Å². The zero-order valence-corrected chi connectivity index (χ0v) is 12.7. The standard InChI is InChI=1S/C16H14ClNO4/c1-10-6-13(7-15(19)21-10)22-14-8-18(9-14)16(20)11-2-4-12(17)5-3-11/h2-7,14H,8-9H2,1H3. The zero-order valence-electron chi connectivity index (χ0n) is 11.9. The van der Waals surface area contributed by atoms with Gasteiger partial charge in [0, 0.05) is 16.7 Å². The first-order chi connectivity index (χ1) is 10.5. The number of halogens is 1. The summed E-state index contributed by atoms with van der Waals surface area (Å²) >= 11 is 5.80. The van der Waals surface area contributed by atoms with Crippen LogP contribution in [0.3, 0.4) is 0 Å². The smallest absolute Gasteiger partial charge is 0.339 e. The molecule has 6 heteroatoms. The van der Waals surface area contributed by atoms with Gasteiger partial charge in [0.2, 0.25) is 0 Å². The SMILES string of the molecule is Cc1cc(OC2CN(C(=O)c3ccc(Cl)cc3)C2)cc(=O)o1. The van der Waals surface area contributed by atoms with Crippen LogP contribution in [-0.2, 0) is 0 Å². The zero-order chi connectivity index (χ0) is 15.7. The van der Waals surface area contributed by atoms with Crippen molar-refractivity contribution >= 4 is 17.5 Å². The molecule has 1 aromatic carbocycles. The van der Waals surface area contributed by atoms with Gasteiger partial charge in [-0.25, -0.2) is 4.79 Å². The van der Waals surface area contributed by atoms with Crippen LogP contribution >= 0.6 is 11.6 Å². The maximum Gasteiger partial charge on any atom is 0.339 e. The van der Waals surface area contributed by atoms with Crippen molar-refractivity contribution in [3.05, 3.63) is 63.2 Å². The largest absolute Gasteiger partial charge is 0.486 e. The lowest BCUT2D eigenvalue weighted by Crippen LogP contribution is -2.56. The summed E-state index contributed by atoms with van der Waals surface area (Å²) < 4.78 is 10.5. The number of likely N-dealkylation sites (tertiary alicyclic amines) is 1. The van der Waals surface area contributed by atoms with Gasteiger partial charge in [-0.15, -0.1) is 0 Å². The summed E-state index contributed by atoms with van der Waals surface area (Å²) in [6.07, 6.45) is -0.113. The molecule has 114 valence electrons. The number of ether oxygens (including phenoxy) is 1. The van der Waals surface area contributed by atoms with Crippen molar-refractivity contribution in [1.29, 1.82) is 0 Å². The number of amides is 1. The van der Waals surface area contributed by atoms with Crippen LogP contribution < -0.4 is 10.4 Å². The summed E-state index contributed by atoms with van der Waals surface area (Å²) in [4.78, 5) is 25.2. The highest BCUT2D eigenvalue weighted by Crippen LogP contribution is 2.20. The Morgan fingerprint density at radius 3 is 2.59 bits per heavy atom. The van der Waals surface area contributed by atoms with Crippen LogP contribution in [0.1, 0.15) is 16.1 Å². The Balaban J connectivity index is 1.58. The third kappa shape index (κ3) is 3.14. The van der Waals surface area contributed by atoms with E-state index in [9.17, 15) is 9.59 Å². The van der Waals surface area contributed by atoms with E-state index in [1.165, 1.54) is 6.07 Å². The number of carbonyl (C=O) groups is 1. The van der Waals surface area contributed by atoms with Gasteiger partial charge in [0.1, 0.15) is 17.6 Å². The number of nitrogens with zero attached hydrogens (tertiary/aromatic N) is 1. The van der Waals surface area contributed by atoms with Gasteiger partial charge in [0.15, 0.2) is 0 Å². The Morgan fingerprint density at radius 2 is 1.95 bits per heavy atom. The Morgan fingerprint density at radius 1 is 1.27 bits per heavy atom. The highest BCUT2D eigenvalue weighted by Gasteiger charge is 2.32. The van der Waals surface area contributed by atoms with Crippen LogP contribution in [-0.4, -0.2) is 30.0 Å². The number of carbonyl (C=O) groups excluding carboxylic acids is 1. The van der Waals surface area contributed by atoms with Crippen molar-refractivity contribution in [3.8, 4) is 5.75 Å². The molecule has 0 unspecified atom stereocenters. The molecule has 0 aliphatic carbocycles. The fourth-order valence-electron chi connectivity index (χ4n) is 2.29. The first kappa shape index (κ1) is 14.7. The molecule has 3 rings (SSSR count). The molecule has 0 atom stereocenters. The van der Waals surface area contributed by atoms with E-state index in [1.54, 1.807) is 42.2 Å². The summed E-state index contributed by atoms with van der Waals surface area (Å²) in [7, 11) is 0. The second kappa shape index (κ2) is 5.85. The number of hydrogen-bond acceptors (Lipinski definition) is 4. The van der Waals surface area contributed by atoms with Crippen LogP contribution in [0, 0.1) is 6.92 Å². The molecule has 0 radical (unpaired) electrons. The Hall–Kier alpha value is -2.27. The molecule has 22 heavy (non-hydrogen) atoms. The van der Waals surface area contributed by atoms with Gasteiger partial charge in [0.05, 0.1) is 19.2 Å². The van der Waals surface area contributed by atoms with Crippen LogP contribution in [0.15, 0.2) is 45.6 Å². The van der Waals surface area contributed by atoms with E-state index >= 15 is 0 Å². The lowest BCUT2D eigenvalue weighted by atomic mass is 10.1. The minimum Gasteiger partial charge on any atom is -0.486 e. The van der Waals surface area contributed by atoms with E-state index in [2.05, 4.69) is 0 Å². The Kier molecular flexibility index (Phi) is 3.90. The molecule has 1 aromatic heterocycles. The molecule has 5 nitrogen and oxygen atoms in total. The normalized spacial score (nSPS) is 14.5. The van der Waals surface area contributed by atoms with Crippen molar-refractivity contribution in [2.75, 3.05) is 13.1 Å². The fourth-order valence-corrected chi connectivity index (χ4v) is 2.42. The summed E-state index contributed by atoms with van der Waals surface area (Å²) in [5.41, 5.74) is 0.155. The molecular formula is C16H14ClNO4. The Bertz CT molecular complexity index is 747. The van der Waals surface area contributed by atoms with Crippen LogP contribution in [0.5, 0.6) is 5.75 Å². The van der Waals surface area contributed by atoms with Crippen LogP contribution in [0.4, 0.5) is 0 Å². The van der Waals surface area contributed by atoms with Gasteiger partial charge in [-0.05, 0) is 31.2 Å². The van der Waals surface area contributed by atoms with Crippen LogP contribution in [0.25, 0.3) is 0 Å². The van der Waals surface area contributed by atoms with Crippen molar-refractivity contribution in [3.63, 3.8) is 0 Å². The summed E-state index contributed by atoms with van der Waals surface area (Å²) in [6, 6.07) is 9.74. The van der Waals surface area contributed by atoms with Gasteiger partial charge < -0.3 is 14.1 Å². The quantitative estimate of drug-likeness (QED) is 0.872. The maximum atomic E-state index is 12.2. The lowest BCUT2D eigenvalue weighted by Gasteiger charge is -2.39. The van der Waals surface area contributed by atoms with Gasteiger partial charge in [0.25, 0.3) is 5.91 Å². The average molecular weight is 320 g/mol. The molecule has 1 amide bonds. The number of aryl methyl sites for hydroxylation is 1. The van der Waals surface area contributed by atoms with Gasteiger partial charge in [-0.1, -0.05) is 11.6 Å². The highest BCUT2D eigenvalue weighted by atomic mass is 35.5. The van der Waals surface area contributed by atoms with Crippen molar-refractivity contribution in [2.45, 2.75) is 13.0 Å². The fraction of sp³-hybridized carbons (Fsp3) is 0.250. The number of hydrogen-bond donors (Lipinski definition) is 0. The average Bonchev–Trinajstić information content (AvgIpc) is 2.41.